The monoisotopic (exact) mass is 423 g/mol. The molecule has 1 aliphatic heterocycles. The predicted octanol–water partition coefficient (Wildman–Crippen LogP) is 2.38. The van der Waals surface area contributed by atoms with Crippen molar-refractivity contribution >= 4 is 47.9 Å². The van der Waals surface area contributed by atoms with Crippen molar-refractivity contribution in [2.45, 2.75) is 19.3 Å². The number of aromatic nitrogens is 1. The molecule has 1 aromatic rings. The molecule has 1 aromatic heterocycles. The van der Waals surface area contributed by atoms with Gasteiger partial charge < -0.3 is 26.5 Å². The fourth-order valence-electron chi connectivity index (χ4n) is 2.68. The number of pyridine rings is 1. The van der Waals surface area contributed by atoms with Crippen molar-refractivity contribution in [2.75, 3.05) is 37.5 Å². The maximum absolute atomic E-state index is 9.62. The average molecular weight is 424 g/mol. The molecule has 0 radical (unpaired) electrons. The second kappa shape index (κ2) is 10.9. The minimum atomic E-state index is -0.948. The number of hydrogen-bond acceptors (Lipinski definition) is 8. The summed E-state index contributed by atoms with van der Waals surface area (Å²) in [5.41, 5.74) is 11.1. The number of ether oxygens (including phenoxy) is 1. The third-order valence-electron chi connectivity index (χ3n) is 4.00. The molecular formula is C18H26ClN7OS. The maximum Gasteiger partial charge on any atom is 0.165 e. The Morgan fingerprint density at radius 2 is 2.04 bits per heavy atom. The SMILES string of the molecule is CC(C)(C#N)c1c(Cl)c(N2CCOCC2)nc(N=C(N)/C=C\N)c1C=N.CS. The summed E-state index contributed by atoms with van der Waals surface area (Å²) in [4.78, 5) is 10.8. The van der Waals surface area contributed by atoms with E-state index in [1.54, 1.807) is 20.1 Å². The summed E-state index contributed by atoms with van der Waals surface area (Å²) in [6.07, 6.45) is 5.48. The minimum absolute atomic E-state index is 0.138. The summed E-state index contributed by atoms with van der Waals surface area (Å²) in [7, 11) is 0. The highest BCUT2D eigenvalue weighted by atomic mass is 35.5. The highest BCUT2D eigenvalue weighted by molar-refractivity contribution is 7.79. The van der Waals surface area contributed by atoms with Gasteiger partial charge in [0.15, 0.2) is 5.82 Å². The number of nitrogens with zero attached hydrogens (tertiary/aromatic N) is 4. The van der Waals surface area contributed by atoms with Crippen molar-refractivity contribution in [2.24, 2.45) is 16.5 Å². The third-order valence-corrected chi connectivity index (χ3v) is 4.36. The Bertz CT molecular complexity index is 796. The van der Waals surface area contributed by atoms with Crippen molar-refractivity contribution in [3.63, 3.8) is 0 Å². The number of thiol groups is 1. The molecule has 0 saturated carbocycles. The van der Waals surface area contributed by atoms with Crippen LogP contribution in [0.5, 0.6) is 0 Å². The number of halogens is 1. The van der Waals surface area contributed by atoms with Crippen LogP contribution in [-0.2, 0) is 10.2 Å². The number of morpholine rings is 1. The lowest BCUT2D eigenvalue weighted by Gasteiger charge is -2.31. The molecule has 0 spiro atoms. The summed E-state index contributed by atoms with van der Waals surface area (Å²) < 4.78 is 5.38. The smallest absolute Gasteiger partial charge is 0.165 e. The summed E-state index contributed by atoms with van der Waals surface area (Å²) in [6.45, 7) is 5.81. The van der Waals surface area contributed by atoms with Gasteiger partial charge in [0.05, 0.1) is 29.7 Å². The van der Waals surface area contributed by atoms with Crippen LogP contribution in [0.4, 0.5) is 11.6 Å². The Labute approximate surface area is 176 Å². The second-order valence-corrected chi connectivity index (χ2v) is 6.62. The van der Waals surface area contributed by atoms with E-state index in [9.17, 15) is 5.26 Å². The van der Waals surface area contributed by atoms with E-state index in [1.165, 1.54) is 12.3 Å². The Balaban J connectivity index is 0.00000190. The quantitative estimate of drug-likeness (QED) is 0.326. The molecule has 0 amide bonds. The van der Waals surface area contributed by atoms with Gasteiger partial charge in [-0.25, -0.2) is 9.98 Å². The van der Waals surface area contributed by atoms with Crippen LogP contribution in [0.25, 0.3) is 0 Å². The minimum Gasteiger partial charge on any atom is -0.404 e. The number of nitriles is 1. The summed E-state index contributed by atoms with van der Waals surface area (Å²) in [5.74, 6) is 0.862. The molecule has 10 heteroatoms. The first kappa shape index (κ1) is 23.8. The molecule has 1 aliphatic rings. The molecule has 0 bridgehead atoms. The van der Waals surface area contributed by atoms with Gasteiger partial charge in [0.1, 0.15) is 11.7 Å². The first-order valence-electron chi connectivity index (χ1n) is 8.51. The van der Waals surface area contributed by atoms with Crippen LogP contribution >= 0.6 is 24.2 Å². The summed E-state index contributed by atoms with van der Waals surface area (Å²) in [6, 6.07) is 2.24. The fourth-order valence-corrected chi connectivity index (χ4v) is 3.18. The Kier molecular flexibility index (Phi) is 9.25. The molecule has 0 unspecified atom stereocenters. The molecule has 2 rings (SSSR count). The van der Waals surface area contributed by atoms with Crippen LogP contribution in [0.3, 0.4) is 0 Å². The molecule has 0 aromatic carbocycles. The van der Waals surface area contributed by atoms with Gasteiger partial charge in [-0.3, -0.25) is 0 Å². The molecule has 1 saturated heterocycles. The second-order valence-electron chi connectivity index (χ2n) is 6.24. The zero-order chi connectivity index (χ0) is 21.3. The number of nitrogens with one attached hydrogen (secondary N) is 1. The lowest BCUT2D eigenvalue weighted by atomic mass is 9.83. The van der Waals surface area contributed by atoms with Gasteiger partial charge in [0.25, 0.3) is 0 Å². The van der Waals surface area contributed by atoms with Gasteiger partial charge in [-0.15, -0.1) is 0 Å². The predicted molar refractivity (Wildman–Crippen MR) is 118 cm³/mol. The lowest BCUT2D eigenvalue weighted by Crippen LogP contribution is -2.37. The van der Waals surface area contributed by atoms with Gasteiger partial charge >= 0.3 is 0 Å². The lowest BCUT2D eigenvalue weighted by molar-refractivity contribution is 0.122. The van der Waals surface area contributed by atoms with Gasteiger partial charge in [-0.2, -0.15) is 17.9 Å². The van der Waals surface area contributed by atoms with E-state index in [0.717, 1.165) is 6.21 Å². The molecule has 1 fully saturated rings. The molecule has 0 aliphatic carbocycles. The van der Waals surface area contributed by atoms with Crippen LogP contribution in [0, 0.1) is 16.7 Å². The van der Waals surface area contributed by atoms with E-state index in [2.05, 4.69) is 28.7 Å². The Hall–Kier alpha value is -2.28. The van der Waals surface area contributed by atoms with Crippen LogP contribution < -0.4 is 16.4 Å². The zero-order valence-electron chi connectivity index (χ0n) is 16.2. The fraction of sp³-hybridized carbons (Fsp3) is 0.444. The van der Waals surface area contributed by atoms with Gasteiger partial charge in [-0.05, 0) is 32.4 Å². The van der Waals surface area contributed by atoms with Crippen LogP contribution in [0.2, 0.25) is 5.02 Å². The van der Waals surface area contributed by atoms with Crippen molar-refractivity contribution in [3.8, 4) is 6.07 Å². The normalized spacial score (nSPS) is 15.0. The molecule has 28 heavy (non-hydrogen) atoms. The largest absolute Gasteiger partial charge is 0.404 e. The number of nitrogens with two attached hydrogens (primary N) is 2. The van der Waals surface area contributed by atoms with E-state index in [4.69, 9.17) is 33.2 Å². The number of rotatable bonds is 5. The van der Waals surface area contributed by atoms with Crippen LogP contribution in [0.15, 0.2) is 17.3 Å². The molecular weight excluding hydrogens is 398 g/mol. The van der Waals surface area contributed by atoms with E-state index in [-0.39, 0.29) is 11.7 Å². The number of hydrogen-bond donors (Lipinski definition) is 4. The van der Waals surface area contributed by atoms with Crippen molar-refractivity contribution < 1.29 is 4.74 Å². The standard InChI is InChI=1S/C17H22ClN7O.CH4S/c1-17(2,10-21)13-11(9-20)15(23-12(22)3-4-19)24-16(14(13)18)25-5-7-26-8-6-25;1-2/h3-4,9,20H,5-8,19H2,1-2H3,(H2,22,23,24);2H,1H3/b4-3-,20-9?;. The van der Waals surface area contributed by atoms with E-state index in [0.29, 0.717) is 48.3 Å². The van der Waals surface area contributed by atoms with E-state index < -0.39 is 5.41 Å². The molecule has 2 heterocycles. The topological polar surface area (TPSA) is 137 Å². The molecule has 0 atom stereocenters. The van der Waals surface area contributed by atoms with Gasteiger partial charge in [0.2, 0.25) is 0 Å². The number of anilines is 1. The Morgan fingerprint density at radius 1 is 1.43 bits per heavy atom. The van der Waals surface area contributed by atoms with Crippen molar-refractivity contribution in [1.29, 1.82) is 10.7 Å². The first-order valence-corrected chi connectivity index (χ1v) is 9.78. The van der Waals surface area contributed by atoms with E-state index in [1.807, 2.05) is 4.90 Å². The summed E-state index contributed by atoms with van der Waals surface area (Å²) >= 11 is 10.2. The molecule has 152 valence electrons. The third kappa shape index (κ3) is 5.38. The summed E-state index contributed by atoms with van der Waals surface area (Å²) in [5, 5.41) is 17.8. The number of aliphatic imine (C=N–C) groups is 1. The van der Waals surface area contributed by atoms with E-state index >= 15 is 0 Å². The first-order chi connectivity index (χ1) is 13.4. The van der Waals surface area contributed by atoms with Crippen molar-refractivity contribution in [1.82, 2.24) is 4.98 Å². The van der Waals surface area contributed by atoms with Gasteiger partial charge in [0, 0.05) is 30.4 Å². The molecule has 8 nitrogen and oxygen atoms in total. The zero-order valence-corrected chi connectivity index (χ0v) is 17.9. The highest BCUT2D eigenvalue weighted by Crippen LogP contribution is 2.41. The Morgan fingerprint density at radius 3 is 2.54 bits per heavy atom. The van der Waals surface area contributed by atoms with Crippen LogP contribution in [-0.4, -0.2) is 49.6 Å². The maximum atomic E-state index is 9.62. The van der Waals surface area contributed by atoms with Crippen LogP contribution in [0.1, 0.15) is 25.0 Å². The van der Waals surface area contributed by atoms with Crippen molar-refractivity contribution in [3.05, 3.63) is 28.4 Å². The average Bonchev–Trinajstić information content (AvgIpc) is 2.70. The van der Waals surface area contributed by atoms with Gasteiger partial charge in [-0.1, -0.05) is 11.6 Å². The number of amidine groups is 1. The molecule has 5 N–H and O–H groups in total. The highest BCUT2D eigenvalue weighted by Gasteiger charge is 2.32.